The van der Waals surface area contributed by atoms with E-state index < -0.39 is 12.0 Å². The van der Waals surface area contributed by atoms with Gasteiger partial charge in [0.15, 0.2) is 4.80 Å². The fourth-order valence-corrected chi connectivity index (χ4v) is 5.44. The number of hydrogen-bond donors (Lipinski definition) is 0. The lowest BCUT2D eigenvalue weighted by Crippen LogP contribution is -2.40. The van der Waals surface area contributed by atoms with Crippen molar-refractivity contribution in [3.05, 3.63) is 90.6 Å². The molecule has 3 aromatic rings. The lowest BCUT2D eigenvalue weighted by atomic mass is 9.96. The quantitative estimate of drug-likeness (QED) is 0.351. The third-order valence-electron chi connectivity index (χ3n) is 5.52. The molecular formula is C27H28N2O4S2. The van der Waals surface area contributed by atoms with Crippen LogP contribution in [-0.4, -0.2) is 29.5 Å². The van der Waals surface area contributed by atoms with Crippen LogP contribution in [-0.2, 0) is 9.53 Å². The van der Waals surface area contributed by atoms with Crippen LogP contribution in [0.4, 0.5) is 0 Å². The molecule has 1 aliphatic rings. The average Bonchev–Trinajstić information content (AvgIpc) is 3.13. The van der Waals surface area contributed by atoms with E-state index >= 15 is 0 Å². The molecule has 4 rings (SSSR count). The number of carbonyl (C=O) groups excluding carboxylic acids is 1. The second-order valence-corrected chi connectivity index (χ2v) is 10.2. The summed E-state index contributed by atoms with van der Waals surface area (Å²) in [5, 5.41) is 0. The van der Waals surface area contributed by atoms with E-state index in [0.717, 1.165) is 16.0 Å². The molecule has 1 aliphatic heterocycles. The lowest BCUT2D eigenvalue weighted by molar-refractivity contribution is -0.143. The van der Waals surface area contributed by atoms with Crippen molar-refractivity contribution in [1.82, 2.24) is 4.57 Å². The van der Waals surface area contributed by atoms with Gasteiger partial charge >= 0.3 is 5.97 Å². The summed E-state index contributed by atoms with van der Waals surface area (Å²) in [6.45, 7) is 7.86. The predicted octanol–water partition coefficient (Wildman–Crippen LogP) is 4.31. The number of allylic oxidation sites excluding steroid dienone is 1. The van der Waals surface area contributed by atoms with Crippen molar-refractivity contribution in [2.24, 2.45) is 4.99 Å². The highest BCUT2D eigenvalue weighted by molar-refractivity contribution is 7.98. The number of fused-ring (bicyclic) bond motifs is 1. The maximum absolute atomic E-state index is 13.8. The lowest BCUT2D eigenvalue weighted by Gasteiger charge is -2.25. The molecule has 0 N–H and O–H groups in total. The molecule has 1 atom stereocenters. The molecule has 0 unspecified atom stereocenters. The molecule has 1 aromatic heterocycles. The van der Waals surface area contributed by atoms with E-state index in [1.54, 1.807) is 37.1 Å². The van der Waals surface area contributed by atoms with Crippen molar-refractivity contribution in [3.63, 3.8) is 0 Å². The first-order chi connectivity index (χ1) is 16.8. The zero-order valence-corrected chi connectivity index (χ0v) is 22.0. The fraction of sp³-hybridized carbons (Fsp3) is 0.296. The summed E-state index contributed by atoms with van der Waals surface area (Å²) in [5.74, 6) is 0.249. The Hall–Kier alpha value is -3.10. The number of rotatable bonds is 7. The van der Waals surface area contributed by atoms with E-state index in [0.29, 0.717) is 33.0 Å². The summed E-state index contributed by atoms with van der Waals surface area (Å²) < 4.78 is 13.4. The number of hydrogen-bond acceptors (Lipinski definition) is 7. The molecule has 35 heavy (non-hydrogen) atoms. The Kier molecular flexibility index (Phi) is 7.62. The van der Waals surface area contributed by atoms with Gasteiger partial charge in [0.1, 0.15) is 5.75 Å². The number of benzene rings is 2. The molecule has 8 heteroatoms. The zero-order chi connectivity index (χ0) is 25.1. The van der Waals surface area contributed by atoms with Crippen LogP contribution in [0.5, 0.6) is 5.75 Å². The first-order valence-electron chi connectivity index (χ1n) is 11.4. The monoisotopic (exact) mass is 508 g/mol. The number of para-hydroxylation sites is 1. The Balaban J connectivity index is 1.93. The third kappa shape index (κ3) is 5.13. The molecule has 6 nitrogen and oxygen atoms in total. The number of esters is 1. The minimum atomic E-state index is -0.627. The van der Waals surface area contributed by atoms with Gasteiger partial charge in [-0.25, -0.2) is 9.79 Å². The number of aromatic nitrogens is 1. The number of thiazole rings is 1. The Morgan fingerprint density at radius 2 is 1.91 bits per heavy atom. The average molecular weight is 509 g/mol. The van der Waals surface area contributed by atoms with E-state index in [1.165, 1.54) is 11.3 Å². The zero-order valence-electron chi connectivity index (χ0n) is 20.4. The van der Waals surface area contributed by atoms with Crippen molar-refractivity contribution < 1.29 is 14.3 Å². The van der Waals surface area contributed by atoms with Crippen molar-refractivity contribution in [2.75, 3.05) is 12.9 Å². The topological polar surface area (TPSA) is 69.9 Å². The molecular weight excluding hydrogens is 480 g/mol. The number of thioether (sulfide) groups is 1. The molecule has 0 spiro atoms. The second-order valence-electron chi connectivity index (χ2n) is 8.28. The van der Waals surface area contributed by atoms with Gasteiger partial charge in [-0.15, -0.1) is 11.8 Å². The highest BCUT2D eigenvalue weighted by Gasteiger charge is 2.33. The Morgan fingerprint density at radius 3 is 2.57 bits per heavy atom. The molecule has 0 amide bonds. The molecule has 182 valence electrons. The molecule has 0 radical (unpaired) electrons. The molecule has 0 saturated heterocycles. The fourth-order valence-electron chi connectivity index (χ4n) is 3.99. The van der Waals surface area contributed by atoms with Crippen molar-refractivity contribution in [1.29, 1.82) is 0 Å². The Morgan fingerprint density at radius 1 is 1.20 bits per heavy atom. The normalized spacial score (nSPS) is 15.7. The van der Waals surface area contributed by atoms with Crippen LogP contribution in [0.1, 0.15) is 44.9 Å². The summed E-state index contributed by atoms with van der Waals surface area (Å²) in [7, 11) is 0. The van der Waals surface area contributed by atoms with Crippen molar-refractivity contribution >= 4 is 35.1 Å². The van der Waals surface area contributed by atoms with E-state index in [4.69, 9.17) is 9.47 Å². The van der Waals surface area contributed by atoms with Crippen molar-refractivity contribution in [2.45, 2.75) is 44.7 Å². The van der Waals surface area contributed by atoms with Gasteiger partial charge in [0.2, 0.25) is 0 Å². The minimum absolute atomic E-state index is 0.207. The first-order valence-corrected chi connectivity index (χ1v) is 13.5. The number of nitrogens with zero attached hydrogens (tertiary/aromatic N) is 2. The number of carbonyl (C=O) groups is 1. The Labute approximate surface area is 212 Å². The molecule has 2 heterocycles. The Bertz CT molecular complexity index is 1450. The van der Waals surface area contributed by atoms with Crippen LogP contribution in [0.3, 0.4) is 0 Å². The summed E-state index contributed by atoms with van der Waals surface area (Å²) in [4.78, 5) is 33.2. The standard InChI is InChI=1S/C27H28N2O4S2/c1-6-32-21-10-8-7-9-19(21)15-22-25(30)29-24(18-11-13-20(34-5)14-12-18)23(26(31)33-16(2)3)17(4)28-27(29)35-22/h7-16,24H,6H2,1-5H3/b22-15-/t24-/m1/s1. The van der Waals surface area contributed by atoms with Gasteiger partial charge in [0.25, 0.3) is 5.56 Å². The van der Waals surface area contributed by atoms with E-state index in [9.17, 15) is 9.59 Å². The maximum atomic E-state index is 13.8. The second kappa shape index (κ2) is 10.7. The van der Waals surface area contributed by atoms with Gasteiger partial charge in [-0.2, -0.15) is 0 Å². The van der Waals surface area contributed by atoms with Gasteiger partial charge in [-0.3, -0.25) is 9.36 Å². The molecule has 0 saturated carbocycles. The van der Waals surface area contributed by atoms with Gasteiger partial charge in [0, 0.05) is 10.5 Å². The van der Waals surface area contributed by atoms with Gasteiger partial charge in [-0.05, 0) is 63.8 Å². The van der Waals surface area contributed by atoms with E-state index in [1.807, 2.05) is 67.8 Å². The summed E-state index contributed by atoms with van der Waals surface area (Å²) in [6, 6.07) is 14.9. The van der Waals surface area contributed by atoms with Crippen LogP contribution in [0.15, 0.2) is 74.5 Å². The predicted molar refractivity (Wildman–Crippen MR) is 141 cm³/mol. The van der Waals surface area contributed by atoms with Gasteiger partial charge in [0.05, 0.1) is 34.6 Å². The summed E-state index contributed by atoms with van der Waals surface area (Å²) in [5.41, 5.74) is 2.37. The van der Waals surface area contributed by atoms with Crippen LogP contribution >= 0.6 is 23.1 Å². The number of ether oxygens (including phenoxy) is 2. The van der Waals surface area contributed by atoms with Crippen LogP contribution in [0, 0.1) is 0 Å². The van der Waals surface area contributed by atoms with Gasteiger partial charge < -0.3 is 9.47 Å². The first kappa shape index (κ1) is 25.0. The molecule has 0 aliphatic carbocycles. The summed E-state index contributed by atoms with van der Waals surface area (Å²) >= 11 is 2.94. The third-order valence-corrected chi connectivity index (χ3v) is 7.25. The van der Waals surface area contributed by atoms with Crippen molar-refractivity contribution in [3.8, 4) is 5.75 Å². The minimum Gasteiger partial charge on any atom is -0.493 e. The van der Waals surface area contributed by atoms with Crippen LogP contribution < -0.4 is 19.6 Å². The summed E-state index contributed by atoms with van der Waals surface area (Å²) in [6.07, 6.45) is 3.55. The SMILES string of the molecule is CCOc1ccccc1/C=c1\sc2n(c1=O)[C@H](c1ccc(SC)cc1)C(C(=O)OC(C)C)=C(C)N=2. The van der Waals surface area contributed by atoms with E-state index in [2.05, 4.69) is 4.99 Å². The molecule has 0 fully saturated rings. The van der Waals surface area contributed by atoms with Crippen LogP contribution in [0.25, 0.3) is 6.08 Å². The smallest absolute Gasteiger partial charge is 0.338 e. The molecule has 0 bridgehead atoms. The van der Waals surface area contributed by atoms with Crippen LogP contribution in [0.2, 0.25) is 0 Å². The van der Waals surface area contributed by atoms with E-state index in [-0.39, 0.29) is 11.7 Å². The molecule has 2 aromatic carbocycles. The maximum Gasteiger partial charge on any atom is 0.338 e. The van der Waals surface area contributed by atoms with Gasteiger partial charge in [-0.1, -0.05) is 41.7 Å². The highest BCUT2D eigenvalue weighted by atomic mass is 32.2. The largest absolute Gasteiger partial charge is 0.493 e. The highest BCUT2D eigenvalue weighted by Crippen LogP contribution is 2.32.